The molecule has 0 saturated heterocycles. The fourth-order valence-electron chi connectivity index (χ4n) is 3.03. The van der Waals surface area contributed by atoms with Gasteiger partial charge in [-0.05, 0) is 51.3 Å². The van der Waals surface area contributed by atoms with Gasteiger partial charge < -0.3 is 4.57 Å². The lowest BCUT2D eigenvalue weighted by Gasteiger charge is -2.10. The summed E-state index contributed by atoms with van der Waals surface area (Å²) in [5.74, 6) is 0.573. The molecule has 3 heterocycles. The number of benzene rings is 1. The lowest BCUT2D eigenvalue weighted by molar-refractivity contribution is 0.749. The molecule has 0 saturated carbocycles. The molecule has 0 radical (unpaired) electrons. The van der Waals surface area contributed by atoms with Crippen LogP contribution < -0.4 is 5.56 Å². The summed E-state index contributed by atoms with van der Waals surface area (Å²) in [5.41, 5.74) is 3.72. The van der Waals surface area contributed by atoms with Gasteiger partial charge in [-0.3, -0.25) is 9.36 Å². The molecule has 4 aromatic rings. The first-order valence-corrected chi connectivity index (χ1v) is 9.73. The van der Waals surface area contributed by atoms with E-state index in [0.717, 1.165) is 27.7 Å². The summed E-state index contributed by atoms with van der Waals surface area (Å²) in [7, 11) is 0. The molecule has 0 aliphatic carbocycles. The molecular formula is C22H16BrN5O. The van der Waals surface area contributed by atoms with Crippen molar-refractivity contribution in [1.29, 1.82) is 5.26 Å². The van der Waals surface area contributed by atoms with E-state index in [2.05, 4.69) is 36.5 Å². The zero-order chi connectivity index (χ0) is 20.2. The Balaban J connectivity index is 1.51. The smallest absolute Gasteiger partial charge is 0.256 e. The molecule has 1 aromatic carbocycles. The summed E-state index contributed by atoms with van der Waals surface area (Å²) < 4.78 is 4.38. The lowest BCUT2D eigenvalue weighted by Crippen LogP contribution is -2.17. The number of rotatable bonds is 5. The normalized spacial score (nSPS) is 10.6. The Morgan fingerprint density at radius 1 is 1.00 bits per heavy atom. The molecule has 0 aliphatic heterocycles. The number of pyridine rings is 2. The Kier molecular flexibility index (Phi) is 5.36. The number of hydrogen-bond acceptors (Lipinski definition) is 4. The molecule has 29 heavy (non-hydrogen) atoms. The molecule has 7 heteroatoms. The van der Waals surface area contributed by atoms with Crippen LogP contribution in [0, 0.1) is 11.3 Å². The van der Waals surface area contributed by atoms with E-state index < -0.39 is 0 Å². The average Bonchev–Trinajstić information content (AvgIpc) is 3.17. The van der Waals surface area contributed by atoms with E-state index >= 15 is 0 Å². The Hall–Kier alpha value is -3.50. The van der Waals surface area contributed by atoms with Crippen LogP contribution in [0.5, 0.6) is 0 Å². The SMILES string of the molecule is N#Cc1ccc(Cc2cncn2Cc2ccc(-n3cc(Br)ccc3=O)nc2)cc1. The highest BCUT2D eigenvalue weighted by Crippen LogP contribution is 2.14. The number of imidazole rings is 1. The molecule has 0 N–H and O–H groups in total. The molecule has 6 nitrogen and oxygen atoms in total. The van der Waals surface area contributed by atoms with Crippen molar-refractivity contribution in [3.8, 4) is 11.9 Å². The van der Waals surface area contributed by atoms with Crippen LogP contribution in [-0.4, -0.2) is 19.1 Å². The molecule has 0 aliphatic rings. The van der Waals surface area contributed by atoms with Gasteiger partial charge in [0.05, 0.1) is 24.5 Å². The van der Waals surface area contributed by atoms with Crippen LogP contribution in [0.4, 0.5) is 0 Å². The van der Waals surface area contributed by atoms with Crippen molar-refractivity contribution in [2.45, 2.75) is 13.0 Å². The van der Waals surface area contributed by atoms with Crippen LogP contribution in [-0.2, 0) is 13.0 Å². The van der Waals surface area contributed by atoms with Gasteiger partial charge in [0.1, 0.15) is 5.82 Å². The summed E-state index contributed by atoms with van der Waals surface area (Å²) in [6.07, 6.45) is 7.85. The van der Waals surface area contributed by atoms with Crippen LogP contribution in [0.15, 0.2) is 82.7 Å². The zero-order valence-corrected chi connectivity index (χ0v) is 17.0. The van der Waals surface area contributed by atoms with Gasteiger partial charge in [0, 0.05) is 41.2 Å². The second-order valence-corrected chi connectivity index (χ2v) is 7.49. The Morgan fingerprint density at radius 3 is 2.52 bits per heavy atom. The minimum absolute atomic E-state index is 0.132. The van der Waals surface area contributed by atoms with E-state index in [9.17, 15) is 4.79 Å². The van der Waals surface area contributed by atoms with Gasteiger partial charge in [-0.1, -0.05) is 18.2 Å². The van der Waals surface area contributed by atoms with Gasteiger partial charge in [0.15, 0.2) is 0 Å². The maximum Gasteiger partial charge on any atom is 0.256 e. The third-order valence-corrected chi connectivity index (χ3v) is 5.02. The first-order valence-electron chi connectivity index (χ1n) is 8.94. The molecular weight excluding hydrogens is 430 g/mol. The van der Waals surface area contributed by atoms with Crippen LogP contribution in [0.3, 0.4) is 0 Å². The number of aromatic nitrogens is 4. The van der Waals surface area contributed by atoms with E-state index in [1.165, 1.54) is 10.6 Å². The molecule has 0 bridgehead atoms. The topological polar surface area (TPSA) is 76.5 Å². The second kappa shape index (κ2) is 8.25. The van der Waals surface area contributed by atoms with Crippen molar-refractivity contribution in [3.05, 3.63) is 111 Å². The van der Waals surface area contributed by atoms with Gasteiger partial charge in [-0.2, -0.15) is 5.26 Å². The monoisotopic (exact) mass is 445 g/mol. The predicted molar refractivity (Wildman–Crippen MR) is 113 cm³/mol. The molecule has 0 spiro atoms. The van der Waals surface area contributed by atoms with Crippen LogP contribution in [0.2, 0.25) is 0 Å². The maximum absolute atomic E-state index is 12.0. The summed E-state index contributed by atoms with van der Waals surface area (Å²) in [5, 5.41) is 8.92. The van der Waals surface area contributed by atoms with Crippen LogP contribution in [0.25, 0.3) is 5.82 Å². The first-order chi connectivity index (χ1) is 14.1. The standard InChI is InChI=1S/C22H16BrN5O/c23-19-6-8-22(29)28(14-19)21-7-5-18(11-26-21)13-27-15-25-12-20(27)9-16-1-3-17(10-24)4-2-16/h1-8,11-12,14-15H,9,13H2. The van der Waals surface area contributed by atoms with E-state index in [1.807, 2.05) is 42.6 Å². The first kappa shape index (κ1) is 18.8. The summed E-state index contributed by atoms with van der Waals surface area (Å²) in [6, 6.07) is 16.7. The summed E-state index contributed by atoms with van der Waals surface area (Å²) in [4.78, 5) is 20.8. The van der Waals surface area contributed by atoms with Crippen molar-refractivity contribution in [1.82, 2.24) is 19.1 Å². The second-order valence-electron chi connectivity index (χ2n) is 6.58. The fraction of sp³-hybridized carbons (Fsp3) is 0.0909. The molecule has 0 atom stereocenters. The highest BCUT2D eigenvalue weighted by molar-refractivity contribution is 9.10. The van der Waals surface area contributed by atoms with Gasteiger partial charge >= 0.3 is 0 Å². The molecule has 4 rings (SSSR count). The van der Waals surface area contributed by atoms with Gasteiger partial charge in [0.25, 0.3) is 5.56 Å². The molecule has 0 fully saturated rings. The van der Waals surface area contributed by atoms with Crippen LogP contribution >= 0.6 is 15.9 Å². The van der Waals surface area contributed by atoms with E-state index in [0.29, 0.717) is 17.9 Å². The number of nitrogens with zero attached hydrogens (tertiary/aromatic N) is 5. The maximum atomic E-state index is 12.0. The number of nitriles is 1. The van der Waals surface area contributed by atoms with Gasteiger partial charge in [0.2, 0.25) is 0 Å². The quantitative estimate of drug-likeness (QED) is 0.469. The van der Waals surface area contributed by atoms with Crippen molar-refractivity contribution < 1.29 is 0 Å². The highest BCUT2D eigenvalue weighted by atomic mass is 79.9. The summed E-state index contributed by atoms with van der Waals surface area (Å²) in [6.45, 7) is 0.631. The minimum Gasteiger partial charge on any atom is -0.330 e. The third-order valence-electron chi connectivity index (χ3n) is 4.55. The van der Waals surface area contributed by atoms with E-state index in [1.54, 1.807) is 24.8 Å². The zero-order valence-electron chi connectivity index (χ0n) is 15.4. The summed E-state index contributed by atoms with van der Waals surface area (Å²) >= 11 is 3.38. The highest BCUT2D eigenvalue weighted by Gasteiger charge is 2.07. The predicted octanol–water partition coefficient (Wildman–Crippen LogP) is 3.70. The van der Waals surface area contributed by atoms with Gasteiger partial charge in [-0.25, -0.2) is 9.97 Å². The van der Waals surface area contributed by atoms with Crippen LogP contribution in [0.1, 0.15) is 22.4 Å². The minimum atomic E-state index is -0.132. The van der Waals surface area contributed by atoms with Crippen molar-refractivity contribution in [3.63, 3.8) is 0 Å². The average molecular weight is 446 g/mol. The Morgan fingerprint density at radius 2 is 1.79 bits per heavy atom. The fourth-order valence-corrected chi connectivity index (χ4v) is 3.37. The Labute approximate surface area is 175 Å². The van der Waals surface area contributed by atoms with Crippen molar-refractivity contribution in [2.24, 2.45) is 0 Å². The largest absolute Gasteiger partial charge is 0.330 e. The number of hydrogen-bond donors (Lipinski definition) is 0. The molecule has 0 amide bonds. The molecule has 142 valence electrons. The van der Waals surface area contributed by atoms with E-state index in [-0.39, 0.29) is 5.56 Å². The van der Waals surface area contributed by atoms with Crippen molar-refractivity contribution >= 4 is 15.9 Å². The van der Waals surface area contributed by atoms with E-state index in [4.69, 9.17) is 5.26 Å². The molecule has 0 unspecified atom stereocenters. The Bertz CT molecular complexity index is 1230. The molecule has 3 aromatic heterocycles. The van der Waals surface area contributed by atoms with Crippen molar-refractivity contribution in [2.75, 3.05) is 0 Å². The number of halogens is 1. The van der Waals surface area contributed by atoms with Gasteiger partial charge in [-0.15, -0.1) is 0 Å². The third kappa shape index (κ3) is 4.33. The lowest BCUT2D eigenvalue weighted by atomic mass is 10.1.